The zero-order valence-corrected chi connectivity index (χ0v) is 18.2. The van der Waals surface area contributed by atoms with Gasteiger partial charge in [0.2, 0.25) is 5.91 Å². The van der Waals surface area contributed by atoms with Crippen LogP contribution in [0.2, 0.25) is 0 Å². The Bertz CT molecular complexity index is 841. The SMILES string of the molecule is Cc1ccccc1NC(=O)N1CCC(c2nc(CCNC(=O)C(C)C)cs2)CC1. The number of hydrogen-bond donors (Lipinski definition) is 2. The Balaban J connectivity index is 1.46. The topological polar surface area (TPSA) is 74.3 Å². The molecule has 0 radical (unpaired) electrons. The number of aromatic nitrogens is 1. The molecule has 29 heavy (non-hydrogen) atoms. The predicted octanol–water partition coefficient (Wildman–Crippen LogP) is 4.18. The highest BCUT2D eigenvalue weighted by atomic mass is 32.1. The maximum Gasteiger partial charge on any atom is 0.321 e. The van der Waals surface area contributed by atoms with Crippen molar-refractivity contribution < 1.29 is 9.59 Å². The molecule has 2 heterocycles. The highest BCUT2D eigenvalue weighted by molar-refractivity contribution is 7.09. The molecule has 1 fully saturated rings. The molecule has 7 heteroatoms. The van der Waals surface area contributed by atoms with Gasteiger partial charge in [0.05, 0.1) is 10.7 Å². The van der Waals surface area contributed by atoms with Gasteiger partial charge in [0.15, 0.2) is 0 Å². The lowest BCUT2D eigenvalue weighted by atomic mass is 9.98. The largest absolute Gasteiger partial charge is 0.355 e. The van der Waals surface area contributed by atoms with E-state index < -0.39 is 0 Å². The molecule has 1 aliphatic rings. The number of likely N-dealkylation sites (tertiary alicyclic amines) is 1. The molecular formula is C22H30N4O2S. The number of nitrogens with zero attached hydrogens (tertiary/aromatic N) is 2. The number of carbonyl (C=O) groups excluding carboxylic acids is 2. The number of piperidine rings is 1. The van der Waals surface area contributed by atoms with Gasteiger partial charge in [-0.25, -0.2) is 9.78 Å². The maximum absolute atomic E-state index is 12.6. The van der Waals surface area contributed by atoms with E-state index in [4.69, 9.17) is 4.98 Å². The lowest BCUT2D eigenvalue weighted by Gasteiger charge is -2.31. The second kappa shape index (κ2) is 9.87. The second-order valence-corrected chi connectivity index (χ2v) is 8.77. The molecule has 2 aromatic rings. The van der Waals surface area contributed by atoms with Crippen LogP contribution in [-0.4, -0.2) is 41.5 Å². The standard InChI is InChI=1S/C22H30N4O2S/c1-15(2)20(27)23-11-8-18-14-29-21(24-18)17-9-12-26(13-10-17)22(28)25-19-7-5-4-6-16(19)3/h4-7,14-15,17H,8-13H2,1-3H3,(H,23,27)(H,25,28). The van der Waals surface area contributed by atoms with Crippen molar-refractivity contribution in [3.05, 3.63) is 45.9 Å². The molecule has 156 valence electrons. The van der Waals surface area contributed by atoms with Crippen LogP contribution in [-0.2, 0) is 11.2 Å². The van der Waals surface area contributed by atoms with Crippen molar-refractivity contribution in [3.63, 3.8) is 0 Å². The van der Waals surface area contributed by atoms with Crippen molar-refractivity contribution in [2.24, 2.45) is 5.92 Å². The van der Waals surface area contributed by atoms with Gasteiger partial charge in [0.25, 0.3) is 0 Å². The van der Waals surface area contributed by atoms with Crippen LogP contribution in [0.4, 0.5) is 10.5 Å². The number of aryl methyl sites for hydroxylation is 1. The number of amides is 3. The molecule has 1 aliphatic heterocycles. The molecule has 0 bridgehead atoms. The first kappa shape index (κ1) is 21.3. The van der Waals surface area contributed by atoms with Gasteiger partial charge in [-0.2, -0.15) is 0 Å². The fourth-order valence-electron chi connectivity index (χ4n) is 3.38. The first-order valence-electron chi connectivity index (χ1n) is 10.3. The smallest absolute Gasteiger partial charge is 0.321 e. The highest BCUT2D eigenvalue weighted by Crippen LogP contribution is 2.30. The average Bonchev–Trinajstić information content (AvgIpc) is 3.18. The minimum absolute atomic E-state index is 0.00851. The summed E-state index contributed by atoms with van der Waals surface area (Å²) in [6.07, 6.45) is 2.61. The van der Waals surface area contributed by atoms with Crippen LogP contribution < -0.4 is 10.6 Å². The molecule has 6 nitrogen and oxygen atoms in total. The number of anilines is 1. The molecule has 0 spiro atoms. The van der Waals surface area contributed by atoms with Crippen LogP contribution in [0.5, 0.6) is 0 Å². The summed E-state index contributed by atoms with van der Waals surface area (Å²) in [6, 6.07) is 7.80. The molecule has 1 aromatic carbocycles. The van der Waals surface area contributed by atoms with Gasteiger partial charge in [-0.15, -0.1) is 11.3 Å². The van der Waals surface area contributed by atoms with E-state index >= 15 is 0 Å². The zero-order chi connectivity index (χ0) is 20.8. The first-order valence-corrected chi connectivity index (χ1v) is 11.2. The van der Waals surface area contributed by atoms with Crippen LogP contribution in [0.3, 0.4) is 0 Å². The fraction of sp³-hybridized carbons (Fsp3) is 0.500. The minimum Gasteiger partial charge on any atom is -0.355 e. The van der Waals surface area contributed by atoms with Crippen LogP contribution in [0, 0.1) is 12.8 Å². The van der Waals surface area contributed by atoms with Crippen molar-refractivity contribution in [1.29, 1.82) is 0 Å². The van der Waals surface area contributed by atoms with Crippen molar-refractivity contribution in [1.82, 2.24) is 15.2 Å². The van der Waals surface area contributed by atoms with E-state index in [1.54, 1.807) is 11.3 Å². The third-order valence-corrected chi connectivity index (χ3v) is 6.35. The lowest BCUT2D eigenvalue weighted by molar-refractivity contribution is -0.123. The number of hydrogen-bond acceptors (Lipinski definition) is 4. The molecular weight excluding hydrogens is 384 g/mol. The summed E-state index contributed by atoms with van der Waals surface area (Å²) in [5, 5.41) is 9.19. The van der Waals surface area contributed by atoms with Gasteiger partial charge in [-0.05, 0) is 31.4 Å². The third-order valence-electron chi connectivity index (χ3n) is 5.29. The molecule has 0 atom stereocenters. The normalized spacial score (nSPS) is 14.8. The maximum atomic E-state index is 12.6. The molecule has 1 saturated heterocycles. The molecule has 0 unspecified atom stereocenters. The molecule has 3 amide bonds. The number of para-hydroxylation sites is 1. The molecule has 1 aromatic heterocycles. The summed E-state index contributed by atoms with van der Waals surface area (Å²) in [5.74, 6) is 0.493. The average molecular weight is 415 g/mol. The number of nitrogens with one attached hydrogen (secondary N) is 2. The number of rotatable bonds is 6. The summed E-state index contributed by atoms with van der Waals surface area (Å²) in [5.41, 5.74) is 2.97. The van der Waals surface area contributed by atoms with E-state index in [9.17, 15) is 9.59 Å². The summed E-state index contributed by atoms with van der Waals surface area (Å²) in [7, 11) is 0. The van der Waals surface area contributed by atoms with E-state index in [1.165, 1.54) is 0 Å². The quantitative estimate of drug-likeness (QED) is 0.745. The van der Waals surface area contributed by atoms with Gasteiger partial charge < -0.3 is 15.5 Å². The van der Waals surface area contributed by atoms with Crippen LogP contribution in [0.25, 0.3) is 0 Å². The Kier molecular flexibility index (Phi) is 7.25. The number of carbonyl (C=O) groups is 2. The third kappa shape index (κ3) is 5.79. The summed E-state index contributed by atoms with van der Waals surface area (Å²) < 4.78 is 0. The van der Waals surface area contributed by atoms with E-state index in [1.807, 2.05) is 49.9 Å². The Morgan fingerprint density at radius 3 is 2.66 bits per heavy atom. The zero-order valence-electron chi connectivity index (χ0n) is 17.4. The molecule has 3 rings (SSSR count). The molecule has 2 N–H and O–H groups in total. The lowest BCUT2D eigenvalue weighted by Crippen LogP contribution is -2.40. The van der Waals surface area contributed by atoms with Gasteiger partial charge in [-0.3, -0.25) is 4.79 Å². The summed E-state index contributed by atoms with van der Waals surface area (Å²) in [4.78, 5) is 30.9. The van der Waals surface area contributed by atoms with Crippen molar-refractivity contribution >= 4 is 29.0 Å². The number of benzene rings is 1. The van der Waals surface area contributed by atoms with E-state index in [0.717, 1.165) is 54.3 Å². The fourth-order valence-corrected chi connectivity index (χ4v) is 4.41. The number of urea groups is 1. The number of thiazole rings is 1. The van der Waals surface area contributed by atoms with Crippen LogP contribution >= 0.6 is 11.3 Å². The van der Waals surface area contributed by atoms with Crippen molar-refractivity contribution in [2.75, 3.05) is 25.0 Å². The summed E-state index contributed by atoms with van der Waals surface area (Å²) >= 11 is 1.69. The Hall–Kier alpha value is -2.41. The van der Waals surface area contributed by atoms with E-state index in [0.29, 0.717) is 12.5 Å². The Labute approximate surface area is 176 Å². The summed E-state index contributed by atoms with van der Waals surface area (Å²) in [6.45, 7) is 7.88. The van der Waals surface area contributed by atoms with Crippen LogP contribution in [0.15, 0.2) is 29.6 Å². The first-order chi connectivity index (χ1) is 13.9. The minimum atomic E-state index is -0.0292. The van der Waals surface area contributed by atoms with Gasteiger partial charge in [-0.1, -0.05) is 32.0 Å². The molecule has 0 aliphatic carbocycles. The van der Waals surface area contributed by atoms with Crippen LogP contribution in [0.1, 0.15) is 48.9 Å². The van der Waals surface area contributed by atoms with Crippen molar-refractivity contribution in [3.8, 4) is 0 Å². The van der Waals surface area contributed by atoms with E-state index in [2.05, 4.69) is 16.0 Å². The molecule has 0 saturated carbocycles. The van der Waals surface area contributed by atoms with Crippen molar-refractivity contribution in [2.45, 2.75) is 46.0 Å². The monoisotopic (exact) mass is 414 g/mol. The Morgan fingerprint density at radius 2 is 1.97 bits per heavy atom. The van der Waals surface area contributed by atoms with Gasteiger partial charge in [0.1, 0.15) is 0 Å². The Morgan fingerprint density at radius 1 is 1.24 bits per heavy atom. The van der Waals surface area contributed by atoms with E-state index in [-0.39, 0.29) is 17.9 Å². The second-order valence-electron chi connectivity index (χ2n) is 7.88. The van der Waals surface area contributed by atoms with Gasteiger partial charge >= 0.3 is 6.03 Å². The predicted molar refractivity (Wildman–Crippen MR) is 117 cm³/mol. The highest BCUT2D eigenvalue weighted by Gasteiger charge is 2.26. The van der Waals surface area contributed by atoms with Gasteiger partial charge in [0, 0.05) is 49.0 Å².